The predicted octanol–water partition coefficient (Wildman–Crippen LogP) is 1.26. The normalized spacial score (nSPS) is 15.2. The maximum atomic E-state index is 11.7. The van der Waals surface area contributed by atoms with E-state index in [1.54, 1.807) is 7.11 Å². The summed E-state index contributed by atoms with van der Waals surface area (Å²) in [7, 11) is 1.61. The lowest BCUT2D eigenvalue weighted by molar-refractivity contribution is 0.0250. The van der Waals surface area contributed by atoms with E-state index in [0.717, 1.165) is 12.8 Å². The summed E-state index contributed by atoms with van der Waals surface area (Å²) in [5, 5.41) is 14.8. The molecule has 0 aliphatic carbocycles. The Morgan fingerprint density at radius 1 is 1.35 bits per heavy atom. The van der Waals surface area contributed by atoms with Gasteiger partial charge in [0.1, 0.15) is 0 Å². The molecule has 0 spiro atoms. The number of rotatable bonds is 7. The smallest absolute Gasteiger partial charge is 0.315 e. The van der Waals surface area contributed by atoms with Crippen molar-refractivity contribution in [3.63, 3.8) is 0 Å². The number of ether oxygens (including phenoxy) is 1. The number of aliphatic hydroxyl groups excluding tert-OH is 1. The first-order valence-electron chi connectivity index (χ1n) is 6.00. The highest BCUT2D eigenvalue weighted by Gasteiger charge is 2.25. The topological polar surface area (TPSA) is 70.6 Å². The summed E-state index contributed by atoms with van der Waals surface area (Å²) < 4.78 is 5.20. The van der Waals surface area contributed by atoms with Gasteiger partial charge in [0, 0.05) is 13.7 Å². The summed E-state index contributed by atoms with van der Waals surface area (Å²) in [4.78, 5) is 11.7. The number of amides is 2. The van der Waals surface area contributed by atoms with Gasteiger partial charge in [0.05, 0.1) is 17.7 Å². The fraction of sp³-hybridized carbons (Fsp3) is 0.917. The van der Waals surface area contributed by atoms with Crippen molar-refractivity contribution in [2.24, 2.45) is 0 Å². The highest BCUT2D eigenvalue weighted by atomic mass is 16.5. The fourth-order valence-corrected chi connectivity index (χ4v) is 1.42. The van der Waals surface area contributed by atoms with Crippen LogP contribution in [0.25, 0.3) is 0 Å². The zero-order valence-corrected chi connectivity index (χ0v) is 11.6. The first-order valence-corrected chi connectivity index (χ1v) is 6.00. The third-order valence-corrected chi connectivity index (χ3v) is 2.79. The molecule has 0 aliphatic heterocycles. The molecule has 0 radical (unpaired) electrons. The Hall–Kier alpha value is -0.810. The summed E-state index contributed by atoms with van der Waals surface area (Å²) in [5.41, 5.74) is -0.951. The number of methoxy groups -OCH3 is 1. The van der Waals surface area contributed by atoms with Crippen LogP contribution in [0.4, 0.5) is 4.79 Å². The summed E-state index contributed by atoms with van der Waals surface area (Å²) in [5.74, 6) is 0. The molecule has 0 rings (SSSR count). The quantitative estimate of drug-likeness (QED) is 0.633. The monoisotopic (exact) mass is 246 g/mol. The van der Waals surface area contributed by atoms with Crippen LogP contribution in [-0.4, -0.2) is 42.5 Å². The maximum absolute atomic E-state index is 11.7. The Balaban J connectivity index is 4.17. The van der Waals surface area contributed by atoms with E-state index in [4.69, 9.17) is 4.74 Å². The fourth-order valence-electron chi connectivity index (χ4n) is 1.42. The van der Waals surface area contributed by atoms with Crippen molar-refractivity contribution in [1.29, 1.82) is 0 Å². The van der Waals surface area contributed by atoms with Gasteiger partial charge in [-0.25, -0.2) is 4.79 Å². The lowest BCUT2D eigenvalue weighted by Gasteiger charge is -2.30. The van der Waals surface area contributed by atoms with Gasteiger partial charge in [-0.1, -0.05) is 13.3 Å². The molecule has 0 aromatic carbocycles. The van der Waals surface area contributed by atoms with Crippen molar-refractivity contribution < 1.29 is 14.6 Å². The second-order valence-corrected chi connectivity index (χ2v) is 5.24. The first-order chi connectivity index (χ1) is 7.78. The lowest BCUT2D eigenvalue weighted by atomic mass is 9.97. The van der Waals surface area contributed by atoms with Gasteiger partial charge >= 0.3 is 6.03 Å². The van der Waals surface area contributed by atoms with E-state index >= 15 is 0 Å². The van der Waals surface area contributed by atoms with Gasteiger partial charge in [-0.15, -0.1) is 0 Å². The molecule has 0 saturated heterocycles. The molecule has 0 fully saturated rings. The number of hydrogen-bond donors (Lipinski definition) is 3. The highest BCUT2D eigenvalue weighted by molar-refractivity contribution is 5.74. The van der Waals surface area contributed by atoms with Crippen LogP contribution in [0.5, 0.6) is 0 Å². The predicted molar refractivity (Wildman–Crippen MR) is 68.0 cm³/mol. The molecule has 1 unspecified atom stereocenters. The van der Waals surface area contributed by atoms with Crippen LogP contribution in [-0.2, 0) is 4.74 Å². The van der Waals surface area contributed by atoms with Crippen LogP contribution in [0, 0.1) is 0 Å². The van der Waals surface area contributed by atoms with Gasteiger partial charge in [-0.05, 0) is 27.2 Å². The van der Waals surface area contributed by atoms with Gasteiger partial charge < -0.3 is 20.5 Å². The Labute approximate surface area is 104 Å². The number of carbonyl (C=O) groups excluding carboxylic acids is 1. The van der Waals surface area contributed by atoms with Crippen LogP contribution < -0.4 is 10.6 Å². The van der Waals surface area contributed by atoms with Gasteiger partial charge in [0.15, 0.2) is 0 Å². The zero-order valence-electron chi connectivity index (χ0n) is 11.6. The standard InChI is InChI=1S/C12H26N2O3/c1-6-7-12(4,9-15)14-10(16)13-8-11(2,3)17-5/h15H,6-9H2,1-5H3,(H2,13,14,16). The van der Waals surface area contributed by atoms with E-state index < -0.39 is 11.1 Å². The van der Waals surface area contributed by atoms with Gasteiger partial charge in [-0.2, -0.15) is 0 Å². The maximum Gasteiger partial charge on any atom is 0.315 e. The number of hydrogen-bond acceptors (Lipinski definition) is 3. The summed E-state index contributed by atoms with van der Waals surface area (Å²) in [6.45, 7) is 7.99. The Bertz CT molecular complexity index is 244. The van der Waals surface area contributed by atoms with E-state index in [9.17, 15) is 9.90 Å². The second kappa shape index (κ2) is 6.81. The third-order valence-electron chi connectivity index (χ3n) is 2.79. The van der Waals surface area contributed by atoms with Crippen molar-refractivity contribution in [1.82, 2.24) is 10.6 Å². The van der Waals surface area contributed by atoms with Crippen LogP contribution in [0.2, 0.25) is 0 Å². The molecule has 17 heavy (non-hydrogen) atoms. The van der Waals surface area contributed by atoms with Crippen LogP contribution in [0.1, 0.15) is 40.5 Å². The minimum Gasteiger partial charge on any atom is -0.394 e. The number of nitrogens with one attached hydrogen (secondary N) is 2. The molecular formula is C12H26N2O3. The third kappa shape index (κ3) is 6.48. The number of aliphatic hydroxyl groups is 1. The van der Waals surface area contributed by atoms with E-state index in [-0.39, 0.29) is 12.6 Å². The number of carbonyl (C=O) groups is 1. The molecular weight excluding hydrogens is 220 g/mol. The molecule has 2 amide bonds. The SMILES string of the molecule is CCCC(C)(CO)NC(=O)NCC(C)(C)OC. The minimum atomic E-state index is -0.559. The van der Waals surface area contributed by atoms with E-state index in [0.29, 0.717) is 6.54 Å². The van der Waals surface area contributed by atoms with E-state index in [1.807, 2.05) is 27.7 Å². The van der Waals surface area contributed by atoms with Crippen LogP contribution in [0.3, 0.4) is 0 Å². The Morgan fingerprint density at radius 2 is 1.94 bits per heavy atom. The van der Waals surface area contributed by atoms with Crippen molar-refractivity contribution in [2.75, 3.05) is 20.3 Å². The molecule has 0 aliphatic rings. The Kier molecular flexibility index (Phi) is 6.49. The summed E-state index contributed by atoms with van der Waals surface area (Å²) in [6, 6.07) is -0.278. The average molecular weight is 246 g/mol. The molecule has 5 nitrogen and oxygen atoms in total. The average Bonchev–Trinajstić information content (AvgIpc) is 2.27. The molecule has 0 bridgehead atoms. The highest BCUT2D eigenvalue weighted by Crippen LogP contribution is 2.11. The molecule has 3 N–H and O–H groups in total. The molecule has 0 aromatic heterocycles. The minimum absolute atomic E-state index is 0.0675. The van der Waals surface area contributed by atoms with Gasteiger partial charge in [0.25, 0.3) is 0 Å². The molecule has 0 saturated carbocycles. The first kappa shape index (κ1) is 16.2. The largest absolute Gasteiger partial charge is 0.394 e. The van der Waals surface area contributed by atoms with E-state index in [2.05, 4.69) is 10.6 Å². The zero-order chi connectivity index (χ0) is 13.5. The second-order valence-electron chi connectivity index (χ2n) is 5.24. The Morgan fingerprint density at radius 3 is 2.35 bits per heavy atom. The molecule has 102 valence electrons. The summed E-state index contributed by atoms with van der Waals surface area (Å²) in [6.07, 6.45) is 1.64. The molecule has 0 heterocycles. The van der Waals surface area contributed by atoms with Gasteiger partial charge in [-0.3, -0.25) is 0 Å². The van der Waals surface area contributed by atoms with Crippen LogP contribution >= 0.6 is 0 Å². The molecule has 0 aromatic rings. The van der Waals surface area contributed by atoms with Gasteiger partial charge in [0.2, 0.25) is 0 Å². The van der Waals surface area contributed by atoms with Crippen molar-refractivity contribution in [3.8, 4) is 0 Å². The molecule has 5 heteroatoms. The summed E-state index contributed by atoms with van der Waals surface area (Å²) >= 11 is 0. The molecule has 1 atom stereocenters. The lowest BCUT2D eigenvalue weighted by Crippen LogP contribution is -2.54. The van der Waals surface area contributed by atoms with Crippen molar-refractivity contribution in [3.05, 3.63) is 0 Å². The van der Waals surface area contributed by atoms with Crippen LogP contribution in [0.15, 0.2) is 0 Å². The van der Waals surface area contributed by atoms with E-state index in [1.165, 1.54) is 0 Å². The van der Waals surface area contributed by atoms with Crippen molar-refractivity contribution >= 4 is 6.03 Å². The van der Waals surface area contributed by atoms with Crippen molar-refractivity contribution in [2.45, 2.75) is 51.7 Å². The number of urea groups is 1.